The summed E-state index contributed by atoms with van der Waals surface area (Å²) in [5.74, 6) is 0.106. The molecule has 4 aromatic rings. The number of fused-ring (bicyclic) bond motifs is 1. The predicted octanol–water partition coefficient (Wildman–Crippen LogP) is 6.89. The largest absolute Gasteiger partial charge is 0.399 e. The number of aryl methyl sites for hydroxylation is 3. The van der Waals surface area contributed by atoms with E-state index in [1.54, 1.807) is 23.1 Å². The maximum atomic E-state index is 13.6. The average molecular weight is 671 g/mol. The highest BCUT2D eigenvalue weighted by Crippen LogP contribution is 2.48. The van der Waals surface area contributed by atoms with E-state index in [0.717, 1.165) is 76.3 Å². The van der Waals surface area contributed by atoms with Crippen LogP contribution in [0.1, 0.15) is 83.4 Å². The van der Waals surface area contributed by atoms with Gasteiger partial charge in [0.15, 0.2) is 0 Å². The second-order valence-electron chi connectivity index (χ2n) is 13.9. The van der Waals surface area contributed by atoms with Gasteiger partial charge in [-0.3, -0.25) is 19.3 Å². The van der Waals surface area contributed by atoms with Crippen LogP contribution in [0.4, 0.5) is 17.1 Å². The zero-order valence-corrected chi connectivity index (χ0v) is 28.9. The van der Waals surface area contributed by atoms with E-state index in [4.69, 9.17) is 10.3 Å². The lowest BCUT2D eigenvalue weighted by molar-refractivity contribution is -0.152. The molecule has 1 aliphatic carbocycles. The number of amides is 3. The molecule has 1 unspecified atom stereocenters. The lowest BCUT2D eigenvalue weighted by Crippen LogP contribution is -2.54. The van der Waals surface area contributed by atoms with Crippen molar-refractivity contribution in [1.29, 1.82) is 5.26 Å². The SMILES string of the molecule is Cc1ccc(-c2c(C)noc2C)cc1N(CCCCCN1C(=O)CCC(N2Cc3cc(N)ccc3C2=O)C1=O)c1ccc(C2(C#N)CC2)cc1. The molecule has 2 aliphatic heterocycles. The minimum atomic E-state index is -0.656. The van der Waals surface area contributed by atoms with Crippen LogP contribution < -0.4 is 10.6 Å². The molecule has 2 N–H and O–H groups in total. The fourth-order valence-electron chi connectivity index (χ4n) is 7.57. The van der Waals surface area contributed by atoms with E-state index in [0.29, 0.717) is 43.7 Å². The Labute approximate surface area is 292 Å². The molecule has 0 radical (unpaired) electrons. The van der Waals surface area contributed by atoms with Crippen molar-refractivity contribution < 1.29 is 18.9 Å². The zero-order valence-electron chi connectivity index (χ0n) is 28.9. The molecule has 10 nitrogen and oxygen atoms in total. The summed E-state index contributed by atoms with van der Waals surface area (Å²) < 4.78 is 5.48. The Hall–Kier alpha value is -5.43. The number of nitrogens with two attached hydrogens (primary N) is 1. The third kappa shape index (κ3) is 6.02. The van der Waals surface area contributed by atoms with Gasteiger partial charge < -0.3 is 20.1 Å². The number of likely N-dealkylation sites (tertiary alicyclic amines) is 1. The van der Waals surface area contributed by atoms with Crippen LogP contribution in [0.3, 0.4) is 0 Å². The van der Waals surface area contributed by atoms with Crippen LogP contribution in [-0.2, 0) is 21.5 Å². The molecule has 1 atom stereocenters. The number of unbranched alkanes of at least 4 members (excludes halogenated alkanes) is 2. The van der Waals surface area contributed by atoms with Crippen LogP contribution in [0, 0.1) is 32.1 Å². The highest BCUT2D eigenvalue weighted by molar-refractivity contribution is 6.05. The minimum Gasteiger partial charge on any atom is -0.399 e. The van der Waals surface area contributed by atoms with Crippen LogP contribution in [0.15, 0.2) is 65.2 Å². The van der Waals surface area contributed by atoms with Crippen molar-refractivity contribution in [2.24, 2.45) is 0 Å². The molecule has 256 valence electrons. The number of rotatable bonds is 11. The number of nitriles is 1. The first-order valence-corrected chi connectivity index (χ1v) is 17.5. The Kier molecular flexibility index (Phi) is 8.68. The first-order valence-electron chi connectivity index (χ1n) is 17.5. The summed E-state index contributed by atoms with van der Waals surface area (Å²) in [6.45, 7) is 7.33. The second-order valence-corrected chi connectivity index (χ2v) is 13.9. The third-order valence-corrected chi connectivity index (χ3v) is 10.6. The maximum absolute atomic E-state index is 13.6. The molecular formula is C40H42N6O4. The number of hydrogen-bond acceptors (Lipinski definition) is 8. The fourth-order valence-corrected chi connectivity index (χ4v) is 7.57. The molecule has 0 bridgehead atoms. The number of anilines is 3. The number of nitrogen functional groups attached to an aromatic ring is 1. The molecule has 1 aromatic heterocycles. The number of carbonyl (C=O) groups excluding carboxylic acids is 3. The smallest absolute Gasteiger partial charge is 0.255 e. The Morgan fingerprint density at radius 1 is 1.00 bits per heavy atom. The van der Waals surface area contributed by atoms with Crippen molar-refractivity contribution >= 4 is 34.8 Å². The number of hydrogen-bond donors (Lipinski definition) is 1. The number of piperidine rings is 1. The van der Waals surface area contributed by atoms with E-state index in [2.05, 4.69) is 65.5 Å². The summed E-state index contributed by atoms with van der Waals surface area (Å²) in [4.78, 5) is 45.0. The molecule has 3 aromatic carbocycles. The minimum absolute atomic E-state index is 0.182. The highest BCUT2D eigenvalue weighted by Gasteiger charge is 2.45. The molecular weight excluding hydrogens is 628 g/mol. The normalized spacial score (nSPS) is 18.0. The van der Waals surface area contributed by atoms with E-state index in [-0.39, 0.29) is 29.6 Å². The van der Waals surface area contributed by atoms with Gasteiger partial charge in [-0.1, -0.05) is 29.4 Å². The Morgan fingerprint density at radius 3 is 2.48 bits per heavy atom. The second kappa shape index (κ2) is 13.1. The summed E-state index contributed by atoms with van der Waals surface area (Å²) in [7, 11) is 0. The molecule has 1 saturated heterocycles. The van der Waals surface area contributed by atoms with Crippen LogP contribution in [0.25, 0.3) is 11.1 Å². The Balaban J connectivity index is 1.05. The van der Waals surface area contributed by atoms with Gasteiger partial charge in [0.25, 0.3) is 11.8 Å². The lowest BCUT2D eigenvalue weighted by atomic mass is 9.97. The maximum Gasteiger partial charge on any atom is 0.255 e. The number of imide groups is 1. The lowest BCUT2D eigenvalue weighted by Gasteiger charge is -2.35. The first-order chi connectivity index (χ1) is 24.1. The van der Waals surface area contributed by atoms with E-state index in [1.807, 2.05) is 13.8 Å². The van der Waals surface area contributed by atoms with E-state index >= 15 is 0 Å². The Morgan fingerprint density at radius 2 is 1.78 bits per heavy atom. The molecule has 3 aliphatic rings. The van der Waals surface area contributed by atoms with Gasteiger partial charge in [0.05, 0.1) is 17.2 Å². The molecule has 7 rings (SSSR count). The van der Waals surface area contributed by atoms with Crippen molar-refractivity contribution in [1.82, 2.24) is 15.0 Å². The van der Waals surface area contributed by atoms with Gasteiger partial charge in [0, 0.05) is 54.2 Å². The predicted molar refractivity (Wildman–Crippen MR) is 190 cm³/mol. The monoisotopic (exact) mass is 670 g/mol. The van der Waals surface area contributed by atoms with Gasteiger partial charge in [-0.2, -0.15) is 5.26 Å². The first kappa shape index (κ1) is 33.1. The van der Waals surface area contributed by atoms with Gasteiger partial charge in [-0.15, -0.1) is 0 Å². The highest BCUT2D eigenvalue weighted by atomic mass is 16.5. The van der Waals surface area contributed by atoms with Gasteiger partial charge in [0.2, 0.25) is 5.91 Å². The quantitative estimate of drug-likeness (QED) is 0.104. The van der Waals surface area contributed by atoms with Gasteiger partial charge in [-0.05, 0) is 118 Å². The average Bonchev–Trinajstić information content (AvgIpc) is 3.75. The van der Waals surface area contributed by atoms with Crippen molar-refractivity contribution in [2.45, 2.75) is 83.7 Å². The van der Waals surface area contributed by atoms with Crippen molar-refractivity contribution in [3.8, 4) is 17.2 Å². The summed E-state index contributed by atoms with van der Waals surface area (Å²) in [6.07, 6.45) is 4.62. The van der Waals surface area contributed by atoms with E-state index in [9.17, 15) is 19.6 Å². The number of carbonyl (C=O) groups is 3. The molecule has 2 fully saturated rings. The van der Waals surface area contributed by atoms with Crippen molar-refractivity contribution in [3.05, 3.63) is 94.4 Å². The summed E-state index contributed by atoms with van der Waals surface area (Å²) in [5, 5.41) is 13.9. The van der Waals surface area contributed by atoms with Crippen LogP contribution in [0.2, 0.25) is 0 Å². The fraction of sp³-hybridized carbons (Fsp3) is 0.375. The Bertz CT molecular complexity index is 2000. The molecule has 10 heteroatoms. The van der Waals surface area contributed by atoms with E-state index in [1.165, 1.54) is 4.90 Å². The molecule has 3 amide bonds. The third-order valence-electron chi connectivity index (χ3n) is 10.6. The van der Waals surface area contributed by atoms with Crippen LogP contribution in [-0.4, -0.2) is 51.8 Å². The summed E-state index contributed by atoms with van der Waals surface area (Å²) >= 11 is 0. The van der Waals surface area contributed by atoms with Crippen LogP contribution >= 0.6 is 0 Å². The van der Waals surface area contributed by atoms with Gasteiger partial charge in [0.1, 0.15) is 11.8 Å². The molecule has 50 heavy (non-hydrogen) atoms. The summed E-state index contributed by atoms with van der Waals surface area (Å²) in [6, 6.07) is 21.8. The molecule has 0 spiro atoms. The molecule has 1 saturated carbocycles. The topological polar surface area (TPSA) is 137 Å². The van der Waals surface area contributed by atoms with Crippen molar-refractivity contribution in [2.75, 3.05) is 23.7 Å². The number of benzene rings is 3. The van der Waals surface area contributed by atoms with E-state index < -0.39 is 6.04 Å². The van der Waals surface area contributed by atoms with Gasteiger partial charge in [-0.25, -0.2) is 0 Å². The number of aromatic nitrogens is 1. The molecule has 3 heterocycles. The van der Waals surface area contributed by atoms with Gasteiger partial charge >= 0.3 is 0 Å². The van der Waals surface area contributed by atoms with Crippen LogP contribution in [0.5, 0.6) is 0 Å². The zero-order chi connectivity index (χ0) is 35.2. The standard InChI is InChI=1S/C40H42N6O4/c1-25-7-8-28(37-26(2)43-50-27(37)3)22-35(25)44(32-12-9-30(10-13-32)40(24-41)17-18-40)19-5-4-6-20-45-36(47)16-15-34(39(45)49)46-23-29-21-31(42)11-14-33(29)38(46)48/h7-14,21-22,34H,4-6,15-20,23,42H2,1-3H3. The summed E-state index contributed by atoms with van der Waals surface area (Å²) in [5.41, 5.74) is 14.7. The van der Waals surface area contributed by atoms with Crippen molar-refractivity contribution in [3.63, 3.8) is 0 Å². The number of nitrogens with zero attached hydrogens (tertiary/aromatic N) is 5.